The second-order valence-electron chi connectivity index (χ2n) is 6.57. The molecule has 0 spiro atoms. The lowest BCUT2D eigenvalue weighted by atomic mass is 9.79. The monoisotopic (exact) mass is 348 g/mol. The molecule has 0 radical (unpaired) electrons. The number of aliphatic hydroxyl groups is 1. The number of Topliss-reactive ketones (excluding diaryl/α,β-unsaturated/α-hetero) is 1. The SMILES string of the molecule is COC1(C)C(O)C(=O)C(C)=C2Oc3c(C)c(O)cc(C)c3C(=O)OC21. The Kier molecular flexibility index (Phi) is 3.89. The van der Waals surface area contributed by atoms with Gasteiger partial charge in [-0.3, -0.25) is 4.79 Å². The third-order valence-corrected chi connectivity index (χ3v) is 5.07. The summed E-state index contributed by atoms with van der Waals surface area (Å²) in [4.78, 5) is 25.1. The molecule has 1 aromatic rings. The third kappa shape index (κ3) is 2.26. The van der Waals surface area contributed by atoms with Crippen molar-refractivity contribution < 1.29 is 34.0 Å². The maximum absolute atomic E-state index is 12.7. The van der Waals surface area contributed by atoms with Crippen LogP contribution in [0.5, 0.6) is 11.5 Å². The van der Waals surface area contributed by atoms with Crippen molar-refractivity contribution in [2.24, 2.45) is 0 Å². The molecule has 1 aliphatic carbocycles. The lowest BCUT2D eigenvalue weighted by molar-refractivity contribution is -0.170. The number of aliphatic hydroxyl groups excluding tert-OH is 1. The van der Waals surface area contributed by atoms with Crippen LogP contribution in [0.4, 0.5) is 0 Å². The number of fused-ring (bicyclic) bond motifs is 2. The molecule has 0 fully saturated rings. The topological polar surface area (TPSA) is 102 Å². The van der Waals surface area contributed by atoms with Crippen LogP contribution in [-0.4, -0.2) is 46.9 Å². The third-order valence-electron chi connectivity index (χ3n) is 5.07. The molecule has 2 aliphatic rings. The quantitative estimate of drug-likeness (QED) is 0.742. The van der Waals surface area contributed by atoms with E-state index in [1.165, 1.54) is 27.0 Å². The summed E-state index contributed by atoms with van der Waals surface area (Å²) in [6.45, 7) is 6.23. The number of rotatable bonds is 1. The zero-order valence-corrected chi connectivity index (χ0v) is 14.7. The number of methoxy groups -OCH3 is 1. The summed E-state index contributed by atoms with van der Waals surface area (Å²) in [5, 5.41) is 20.4. The number of hydrogen-bond donors (Lipinski definition) is 2. The molecule has 1 heterocycles. The summed E-state index contributed by atoms with van der Waals surface area (Å²) in [6.07, 6.45) is -2.61. The molecule has 0 bridgehead atoms. The van der Waals surface area contributed by atoms with Crippen LogP contribution in [0.3, 0.4) is 0 Å². The number of ketones is 1. The zero-order chi connectivity index (χ0) is 18.7. The van der Waals surface area contributed by atoms with E-state index >= 15 is 0 Å². The second-order valence-corrected chi connectivity index (χ2v) is 6.57. The zero-order valence-electron chi connectivity index (χ0n) is 14.7. The molecule has 3 rings (SSSR count). The molecule has 2 N–H and O–H groups in total. The highest BCUT2D eigenvalue weighted by molar-refractivity contribution is 6.02. The molecule has 0 saturated carbocycles. The van der Waals surface area contributed by atoms with E-state index < -0.39 is 29.6 Å². The summed E-state index contributed by atoms with van der Waals surface area (Å²) in [5.41, 5.74) is -0.339. The van der Waals surface area contributed by atoms with E-state index in [-0.39, 0.29) is 28.4 Å². The van der Waals surface area contributed by atoms with E-state index in [0.717, 1.165) is 0 Å². The first-order valence-corrected chi connectivity index (χ1v) is 7.83. The van der Waals surface area contributed by atoms with Gasteiger partial charge in [-0.25, -0.2) is 4.79 Å². The molecule has 134 valence electrons. The number of carbonyl (C=O) groups excluding carboxylic acids is 2. The maximum Gasteiger partial charge on any atom is 0.343 e. The average molecular weight is 348 g/mol. The van der Waals surface area contributed by atoms with Crippen LogP contribution in [0.2, 0.25) is 0 Å². The number of benzene rings is 1. The average Bonchev–Trinajstić information content (AvgIpc) is 2.73. The van der Waals surface area contributed by atoms with Crippen LogP contribution >= 0.6 is 0 Å². The number of phenolic OH excluding ortho intramolecular Hbond substituents is 1. The Hall–Kier alpha value is -2.38. The lowest BCUT2D eigenvalue weighted by Gasteiger charge is -2.41. The van der Waals surface area contributed by atoms with E-state index in [1.54, 1.807) is 13.8 Å². The van der Waals surface area contributed by atoms with Crippen molar-refractivity contribution >= 4 is 11.8 Å². The molecule has 3 unspecified atom stereocenters. The summed E-state index contributed by atoms with van der Waals surface area (Å²) in [5.74, 6) is -1.03. The molecular formula is C18H20O7. The van der Waals surface area contributed by atoms with Crippen LogP contribution < -0.4 is 4.74 Å². The minimum atomic E-state index is -1.50. The Labute approximate surface area is 144 Å². The molecule has 0 aromatic heterocycles. The number of aryl methyl sites for hydroxylation is 1. The molecule has 25 heavy (non-hydrogen) atoms. The fraction of sp³-hybridized carbons (Fsp3) is 0.444. The van der Waals surface area contributed by atoms with Gasteiger partial charge in [0.25, 0.3) is 0 Å². The van der Waals surface area contributed by atoms with Gasteiger partial charge in [0.1, 0.15) is 28.8 Å². The minimum absolute atomic E-state index is 0.0302. The number of hydrogen-bond acceptors (Lipinski definition) is 7. The number of ether oxygens (including phenoxy) is 3. The molecular weight excluding hydrogens is 328 g/mol. The number of carbonyl (C=O) groups is 2. The van der Waals surface area contributed by atoms with Crippen molar-refractivity contribution in [1.29, 1.82) is 0 Å². The molecule has 3 atom stereocenters. The van der Waals surface area contributed by atoms with Gasteiger partial charge < -0.3 is 24.4 Å². The second kappa shape index (κ2) is 5.57. The minimum Gasteiger partial charge on any atom is -0.508 e. The predicted molar refractivity (Wildman–Crippen MR) is 86.5 cm³/mol. The number of aromatic hydroxyl groups is 1. The smallest absolute Gasteiger partial charge is 0.343 e. The Morgan fingerprint density at radius 2 is 1.88 bits per heavy atom. The van der Waals surface area contributed by atoms with Crippen LogP contribution in [0.25, 0.3) is 0 Å². The van der Waals surface area contributed by atoms with Gasteiger partial charge in [-0.05, 0) is 39.3 Å². The highest BCUT2D eigenvalue weighted by atomic mass is 16.6. The predicted octanol–water partition coefficient (Wildman–Crippen LogP) is 1.55. The molecule has 0 amide bonds. The van der Waals surface area contributed by atoms with E-state index in [1.807, 2.05) is 0 Å². The van der Waals surface area contributed by atoms with Gasteiger partial charge in [-0.1, -0.05) is 0 Å². The van der Waals surface area contributed by atoms with E-state index in [2.05, 4.69) is 0 Å². The van der Waals surface area contributed by atoms with Crippen molar-refractivity contribution in [1.82, 2.24) is 0 Å². The largest absolute Gasteiger partial charge is 0.508 e. The van der Waals surface area contributed by atoms with Gasteiger partial charge in [-0.15, -0.1) is 0 Å². The molecule has 1 aliphatic heterocycles. The van der Waals surface area contributed by atoms with Gasteiger partial charge in [0.15, 0.2) is 17.6 Å². The number of esters is 1. The van der Waals surface area contributed by atoms with Crippen molar-refractivity contribution in [3.8, 4) is 11.5 Å². The summed E-state index contributed by atoms with van der Waals surface area (Å²) < 4.78 is 16.8. The molecule has 1 aromatic carbocycles. The highest BCUT2D eigenvalue weighted by Gasteiger charge is 2.56. The van der Waals surface area contributed by atoms with E-state index in [0.29, 0.717) is 11.1 Å². The van der Waals surface area contributed by atoms with Crippen molar-refractivity contribution in [3.63, 3.8) is 0 Å². The fourth-order valence-electron chi connectivity index (χ4n) is 3.23. The Morgan fingerprint density at radius 3 is 2.48 bits per heavy atom. The van der Waals surface area contributed by atoms with Gasteiger partial charge in [0.2, 0.25) is 0 Å². The Bertz CT molecular complexity index is 823. The molecule has 7 nitrogen and oxygen atoms in total. The normalized spacial score (nSPS) is 28.7. The first kappa shape index (κ1) is 17.4. The van der Waals surface area contributed by atoms with Gasteiger partial charge in [0, 0.05) is 18.2 Å². The fourth-order valence-corrected chi connectivity index (χ4v) is 3.23. The summed E-state index contributed by atoms with van der Waals surface area (Å²) >= 11 is 0. The maximum atomic E-state index is 12.7. The van der Waals surface area contributed by atoms with Gasteiger partial charge >= 0.3 is 5.97 Å². The molecule has 0 saturated heterocycles. The number of phenols is 1. The van der Waals surface area contributed by atoms with E-state index in [4.69, 9.17) is 14.2 Å². The molecule has 7 heteroatoms. The van der Waals surface area contributed by atoms with Gasteiger partial charge in [-0.2, -0.15) is 0 Å². The standard InChI is InChI=1S/C18H20O7/c1-7-6-10(19)8(2)13-11(7)17(22)25-16-14(24-13)9(3)12(20)15(21)18(16,4)23-5/h6,15-16,19,21H,1-5H3. The summed E-state index contributed by atoms with van der Waals surface area (Å²) in [7, 11) is 1.32. The van der Waals surface area contributed by atoms with Crippen molar-refractivity contribution in [2.75, 3.05) is 7.11 Å². The van der Waals surface area contributed by atoms with Crippen LogP contribution in [0.15, 0.2) is 17.4 Å². The van der Waals surface area contributed by atoms with Gasteiger partial charge in [0.05, 0.1) is 0 Å². The first-order chi connectivity index (χ1) is 11.6. The van der Waals surface area contributed by atoms with Crippen molar-refractivity contribution in [2.45, 2.75) is 45.5 Å². The van der Waals surface area contributed by atoms with E-state index in [9.17, 15) is 19.8 Å². The Balaban J connectivity index is 2.29. The first-order valence-electron chi connectivity index (χ1n) is 7.83. The van der Waals surface area contributed by atoms with Crippen LogP contribution in [0.1, 0.15) is 35.3 Å². The van der Waals surface area contributed by atoms with Crippen LogP contribution in [0, 0.1) is 13.8 Å². The summed E-state index contributed by atoms with van der Waals surface area (Å²) in [6, 6.07) is 1.45. The highest BCUT2D eigenvalue weighted by Crippen LogP contribution is 2.43. The van der Waals surface area contributed by atoms with Crippen LogP contribution in [-0.2, 0) is 14.3 Å². The Morgan fingerprint density at radius 1 is 1.24 bits per heavy atom. The lowest BCUT2D eigenvalue weighted by Crippen LogP contribution is -2.60. The van der Waals surface area contributed by atoms with Crippen molar-refractivity contribution in [3.05, 3.63) is 34.1 Å².